The molecule has 1 aliphatic heterocycles. The van der Waals surface area contributed by atoms with Crippen molar-refractivity contribution in [2.24, 2.45) is 0 Å². The van der Waals surface area contributed by atoms with Gasteiger partial charge < -0.3 is 15.0 Å². The minimum atomic E-state index is -3.78. The van der Waals surface area contributed by atoms with Crippen LogP contribution < -0.4 is 10.2 Å². The molecule has 0 saturated carbocycles. The second-order valence-corrected chi connectivity index (χ2v) is 10.4. The van der Waals surface area contributed by atoms with E-state index in [-0.39, 0.29) is 21.2 Å². The smallest absolute Gasteiger partial charge is 0.341 e. The number of benzene rings is 2. The van der Waals surface area contributed by atoms with Gasteiger partial charge in [-0.05, 0) is 56.2 Å². The number of sulfonamides is 1. The number of amides is 1. The van der Waals surface area contributed by atoms with Gasteiger partial charge >= 0.3 is 5.97 Å². The Labute approximate surface area is 197 Å². The lowest BCUT2D eigenvalue weighted by atomic mass is 10.1. The molecule has 1 amide bonds. The average Bonchev–Trinajstić information content (AvgIpc) is 3.30. The zero-order valence-electron chi connectivity index (χ0n) is 18.5. The van der Waals surface area contributed by atoms with Gasteiger partial charge in [0.15, 0.2) is 6.10 Å². The molecule has 1 aliphatic rings. The molecule has 3 rings (SSSR count). The zero-order valence-corrected chi connectivity index (χ0v) is 20.0. The third-order valence-corrected chi connectivity index (χ3v) is 7.35. The third-order valence-electron chi connectivity index (χ3n) is 5.25. The normalized spacial score (nSPS) is 14.9. The number of hydrogen-bond acceptors (Lipinski definition) is 6. The number of nitrogens with one attached hydrogen (secondary N) is 1. The van der Waals surface area contributed by atoms with Gasteiger partial charge in [-0.2, -0.15) is 0 Å². The summed E-state index contributed by atoms with van der Waals surface area (Å²) in [7, 11) is -0.984. The van der Waals surface area contributed by atoms with E-state index >= 15 is 0 Å². The van der Waals surface area contributed by atoms with E-state index in [2.05, 4.69) is 5.32 Å². The molecule has 1 heterocycles. The maximum Gasteiger partial charge on any atom is 0.341 e. The molecular formula is C22H25ClFN3O5S. The van der Waals surface area contributed by atoms with Crippen molar-refractivity contribution in [3.05, 3.63) is 52.8 Å². The van der Waals surface area contributed by atoms with Crippen LogP contribution in [0.15, 0.2) is 41.3 Å². The van der Waals surface area contributed by atoms with Crippen LogP contribution in [0.4, 0.5) is 15.8 Å². The molecule has 33 heavy (non-hydrogen) atoms. The van der Waals surface area contributed by atoms with Crippen molar-refractivity contribution >= 4 is 44.9 Å². The summed E-state index contributed by atoms with van der Waals surface area (Å²) >= 11 is 5.73. The topological polar surface area (TPSA) is 96.0 Å². The van der Waals surface area contributed by atoms with Gasteiger partial charge in [-0.3, -0.25) is 4.79 Å². The predicted octanol–water partition coefficient (Wildman–Crippen LogP) is 3.51. The van der Waals surface area contributed by atoms with Gasteiger partial charge in [0.2, 0.25) is 10.0 Å². The molecule has 1 unspecified atom stereocenters. The maximum atomic E-state index is 13.3. The zero-order chi connectivity index (χ0) is 24.3. The number of carbonyl (C=O) groups is 2. The van der Waals surface area contributed by atoms with Gasteiger partial charge in [-0.1, -0.05) is 11.6 Å². The fourth-order valence-electron chi connectivity index (χ4n) is 3.38. The van der Waals surface area contributed by atoms with Crippen molar-refractivity contribution in [2.45, 2.75) is 30.8 Å². The van der Waals surface area contributed by atoms with E-state index in [0.717, 1.165) is 36.3 Å². The van der Waals surface area contributed by atoms with E-state index in [1.807, 2.05) is 4.90 Å². The van der Waals surface area contributed by atoms with E-state index in [4.69, 9.17) is 16.3 Å². The summed E-state index contributed by atoms with van der Waals surface area (Å²) in [6.07, 6.45) is 0.693. The Kier molecular flexibility index (Phi) is 7.61. The Hall–Kier alpha value is -2.69. The van der Waals surface area contributed by atoms with Gasteiger partial charge in [-0.25, -0.2) is 21.9 Å². The van der Waals surface area contributed by atoms with Crippen molar-refractivity contribution in [2.75, 3.05) is 37.4 Å². The molecule has 1 atom stereocenters. The Morgan fingerprint density at radius 3 is 2.42 bits per heavy atom. The van der Waals surface area contributed by atoms with Gasteiger partial charge in [-0.15, -0.1) is 0 Å². The van der Waals surface area contributed by atoms with E-state index in [1.54, 1.807) is 6.07 Å². The van der Waals surface area contributed by atoms with Gasteiger partial charge in [0.25, 0.3) is 5.91 Å². The van der Waals surface area contributed by atoms with Crippen LogP contribution in [0.5, 0.6) is 0 Å². The largest absolute Gasteiger partial charge is 0.449 e. The lowest BCUT2D eigenvalue weighted by molar-refractivity contribution is -0.123. The molecule has 0 aromatic heterocycles. The van der Waals surface area contributed by atoms with Crippen LogP contribution in [0.3, 0.4) is 0 Å². The molecule has 11 heteroatoms. The lowest BCUT2D eigenvalue weighted by Crippen LogP contribution is -2.31. The Bertz CT molecular complexity index is 1170. The minimum absolute atomic E-state index is 0.0551. The highest BCUT2D eigenvalue weighted by Gasteiger charge is 2.27. The first-order valence-electron chi connectivity index (χ1n) is 10.3. The second-order valence-electron chi connectivity index (χ2n) is 7.83. The maximum absolute atomic E-state index is 13.3. The van der Waals surface area contributed by atoms with Crippen LogP contribution >= 0.6 is 11.6 Å². The average molecular weight is 498 g/mol. The van der Waals surface area contributed by atoms with Gasteiger partial charge in [0.05, 0.1) is 21.2 Å². The molecule has 178 valence electrons. The molecule has 1 fully saturated rings. The first kappa shape index (κ1) is 24.9. The van der Waals surface area contributed by atoms with Crippen LogP contribution in [-0.2, 0) is 19.6 Å². The summed E-state index contributed by atoms with van der Waals surface area (Å²) < 4.78 is 44.9. The van der Waals surface area contributed by atoms with Crippen molar-refractivity contribution in [3.63, 3.8) is 0 Å². The summed E-state index contributed by atoms with van der Waals surface area (Å²) in [6.45, 7) is 2.83. The molecule has 0 aliphatic carbocycles. The summed E-state index contributed by atoms with van der Waals surface area (Å²) in [4.78, 5) is 27.4. The van der Waals surface area contributed by atoms with E-state index in [9.17, 15) is 22.4 Å². The van der Waals surface area contributed by atoms with Gasteiger partial charge in [0, 0.05) is 32.9 Å². The molecule has 2 aromatic rings. The Morgan fingerprint density at radius 2 is 1.82 bits per heavy atom. The summed E-state index contributed by atoms with van der Waals surface area (Å²) in [5.74, 6) is -2.10. The highest BCUT2D eigenvalue weighted by molar-refractivity contribution is 7.89. The fourth-order valence-corrected chi connectivity index (χ4v) is 4.49. The molecule has 2 aromatic carbocycles. The standard InChI is InChI=1S/C22H25ClFN3O5S/c1-14(21(28)25-15-6-8-19(24)18(23)12-15)32-22(29)17-13-16(33(30,31)26(2)3)7-9-20(17)27-10-4-5-11-27/h6-9,12-14H,4-5,10-11H2,1-3H3,(H,25,28). The molecule has 0 bridgehead atoms. The Morgan fingerprint density at radius 1 is 1.15 bits per heavy atom. The molecule has 1 saturated heterocycles. The monoisotopic (exact) mass is 497 g/mol. The van der Waals surface area contributed by atoms with Crippen LogP contribution in [0.2, 0.25) is 5.02 Å². The number of hydrogen-bond donors (Lipinski definition) is 1. The van der Waals surface area contributed by atoms with Crippen LogP contribution in [0.1, 0.15) is 30.1 Å². The molecular weight excluding hydrogens is 473 g/mol. The number of carbonyl (C=O) groups excluding carboxylic acids is 2. The van der Waals surface area contributed by atoms with Crippen molar-refractivity contribution in [1.29, 1.82) is 0 Å². The number of rotatable bonds is 7. The van der Waals surface area contributed by atoms with E-state index in [0.29, 0.717) is 5.69 Å². The van der Waals surface area contributed by atoms with Crippen LogP contribution in [0.25, 0.3) is 0 Å². The minimum Gasteiger partial charge on any atom is -0.449 e. The summed E-state index contributed by atoms with van der Waals surface area (Å²) in [5, 5.41) is 2.35. The second kappa shape index (κ2) is 10.1. The van der Waals surface area contributed by atoms with Crippen LogP contribution in [-0.4, -0.2) is 57.9 Å². The highest BCUT2D eigenvalue weighted by atomic mass is 35.5. The lowest BCUT2D eigenvalue weighted by Gasteiger charge is -2.23. The summed E-state index contributed by atoms with van der Waals surface area (Å²) in [5.41, 5.74) is 0.851. The number of anilines is 2. The third kappa shape index (κ3) is 5.63. The Balaban J connectivity index is 1.84. The molecule has 8 nitrogen and oxygen atoms in total. The van der Waals surface area contributed by atoms with Crippen molar-refractivity contribution in [1.82, 2.24) is 4.31 Å². The quantitative estimate of drug-likeness (QED) is 0.588. The number of nitrogens with zero attached hydrogens (tertiary/aromatic N) is 2. The molecule has 0 spiro atoms. The van der Waals surface area contributed by atoms with Gasteiger partial charge in [0.1, 0.15) is 5.82 Å². The number of halogens is 2. The first-order chi connectivity index (χ1) is 15.5. The van der Waals surface area contributed by atoms with E-state index in [1.165, 1.54) is 45.3 Å². The highest BCUT2D eigenvalue weighted by Crippen LogP contribution is 2.29. The number of ether oxygens (including phenoxy) is 1. The predicted molar refractivity (Wildman–Crippen MR) is 124 cm³/mol. The molecule has 1 N–H and O–H groups in total. The van der Waals surface area contributed by atoms with Crippen molar-refractivity contribution < 1.29 is 27.1 Å². The van der Waals surface area contributed by atoms with Crippen molar-refractivity contribution in [3.8, 4) is 0 Å². The fraction of sp³-hybridized carbons (Fsp3) is 0.364. The van der Waals surface area contributed by atoms with E-state index < -0.39 is 33.8 Å². The molecule has 0 radical (unpaired) electrons. The first-order valence-corrected chi connectivity index (χ1v) is 12.1. The summed E-state index contributed by atoms with van der Waals surface area (Å²) in [6, 6.07) is 7.99. The van der Waals surface area contributed by atoms with Crippen LogP contribution in [0, 0.1) is 5.82 Å². The SMILES string of the molecule is CC(OC(=O)c1cc(S(=O)(=O)N(C)C)ccc1N1CCCC1)C(=O)Nc1ccc(F)c(Cl)c1. The number of esters is 1.